The maximum Gasteiger partial charge on any atom is 0.191 e. The normalized spacial score (nSPS) is 21.5. The van der Waals surface area contributed by atoms with Crippen molar-refractivity contribution in [2.24, 2.45) is 0 Å². The van der Waals surface area contributed by atoms with Crippen LogP contribution in [-0.4, -0.2) is 33.2 Å². The van der Waals surface area contributed by atoms with E-state index >= 15 is 0 Å². The summed E-state index contributed by atoms with van der Waals surface area (Å²) in [6.07, 6.45) is 6.82. The van der Waals surface area contributed by atoms with Crippen LogP contribution in [0.15, 0.2) is 33.9 Å². The molecule has 4 nitrogen and oxygen atoms in total. The van der Waals surface area contributed by atoms with Crippen LogP contribution in [0.3, 0.4) is 0 Å². The number of benzene rings is 1. The number of thioether (sulfide) groups is 1. The van der Waals surface area contributed by atoms with Gasteiger partial charge >= 0.3 is 0 Å². The van der Waals surface area contributed by atoms with Crippen LogP contribution in [0.4, 0.5) is 0 Å². The highest BCUT2D eigenvalue weighted by Crippen LogP contribution is 2.36. The average Bonchev–Trinajstić information content (AvgIpc) is 3.31. The lowest BCUT2D eigenvalue weighted by molar-refractivity contribution is 0.339. The number of hydrogen-bond acceptors (Lipinski definition) is 4. The lowest BCUT2D eigenvalue weighted by Crippen LogP contribution is -2.15. The van der Waals surface area contributed by atoms with E-state index in [9.17, 15) is 0 Å². The van der Waals surface area contributed by atoms with Crippen molar-refractivity contribution in [3.8, 4) is 11.4 Å². The predicted molar refractivity (Wildman–Crippen MR) is 95.7 cm³/mol. The monoisotopic (exact) mass is 393 g/mol. The van der Waals surface area contributed by atoms with Gasteiger partial charge in [-0.1, -0.05) is 59.1 Å². The zero-order valence-electron chi connectivity index (χ0n) is 12.9. The highest BCUT2D eigenvalue weighted by Gasteiger charge is 2.27. The summed E-state index contributed by atoms with van der Waals surface area (Å²) in [5.41, 5.74) is 1.13. The van der Waals surface area contributed by atoms with Crippen molar-refractivity contribution in [3.63, 3.8) is 0 Å². The molecule has 0 N–H and O–H groups in total. The molecule has 23 heavy (non-hydrogen) atoms. The van der Waals surface area contributed by atoms with Crippen molar-refractivity contribution in [2.45, 2.75) is 49.4 Å². The number of hydrogen-bond donors (Lipinski definition) is 0. The van der Waals surface area contributed by atoms with Gasteiger partial charge in [0.05, 0.1) is 12.7 Å². The lowest BCUT2D eigenvalue weighted by atomic mass is 9.95. The number of nitrogens with zero attached hydrogens (tertiary/aromatic N) is 3. The fourth-order valence-electron chi connectivity index (χ4n) is 3.20. The van der Waals surface area contributed by atoms with Gasteiger partial charge in [0.25, 0.3) is 0 Å². The molecule has 1 atom stereocenters. The van der Waals surface area contributed by atoms with Crippen LogP contribution in [0, 0.1) is 0 Å². The first-order valence-electron chi connectivity index (χ1n) is 8.26. The molecule has 1 aromatic carbocycles. The van der Waals surface area contributed by atoms with Gasteiger partial charge in [0, 0.05) is 21.8 Å². The molecule has 1 aromatic heterocycles. The van der Waals surface area contributed by atoms with E-state index in [-0.39, 0.29) is 0 Å². The topological polar surface area (TPSA) is 43.2 Å². The summed E-state index contributed by atoms with van der Waals surface area (Å²) in [5, 5.41) is 10.1. The molecule has 4 rings (SSSR count). The molecule has 0 amide bonds. The van der Waals surface area contributed by atoms with Gasteiger partial charge in [0.1, 0.15) is 0 Å². The van der Waals surface area contributed by atoms with Crippen molar-refractivity contribution >= 4 is 27.7 Å². The van der Waals surface area contributed by atoms with Crippen molar-refractivity contribution in [3.05, 3.63) is 28.7 Å². The minimum atomic E-state index is 0.408. The van der Waals surface area contributed by atoms with Gasteiger partial charge < -0.3 is 4.74 Å². The zero-order valence-corrected chi connectivity index (χ0v) is 15.4. The Balaban J connectivity index is 1.68. The van der Waals surface area contributed by atoms with Gasteiger partial charge in [-0.2, -0.15) is 0 Å². The van der Waals surface area contributed by atoms with Gasteiger partial charge in [-0.25, -0.2) is 0 Å². The van der Waals surface area contributed by atoms with Crippen molar-refractivity contribution in [1.82, 2.24) is 14.8 Å². The second kappa shape index (κ2) is 6.95. The standard InChI is InChI=1S/C17H20BrN3OS/c18-13-6-4-5-12(9-13)16-19-20-17(23-11-15-10-22-15)21(16)14-7-2-1-3-8-14/h4-6,9,14-15H,1-3,7-8,10-11H2. The Bertz CT molecular complexity index is 680. The molecule has 0 spiro atoms. The van der Waals surface area contributed by atoms with Crippen LogP contribution >= 0.6 is 27.7 Å². The Hall–Kier alpha value is -0.850. The summed E-state index contributed by atoms with van der Waals surface area (Å²) >= 11 is 5.35. The fourth-order valence-corrected chi connectivity index (χ4v) is 4.60. The fraction of sp³-hybridized carbons (Fsp3) is 0.529. The van der Waals surface area contributed by atoms with Crippen LogP contribution in [0.25, 0.3) is 11.4 Å². The minimum absolute atomic E-state index is 0.408. The molecule has 1 saturated heterocycles. The van der Waals surface area contributed by atoms with Gasteiger partial charge in [-0.3, -0.25) is 4.57 Å². The van der Waals surface area contributed by atoms with E-state index < -0.39 is 0 Å². The van der Waals surface area contributed by atoms with Gasteiger partial charge in [0.15, 0.2) is 11.0 Å². The molecule has 122 valence electrons. The first-order chi connectivity index (χ1) is 11.3. The Morgan fingerprint density at radius 1 is 1.22 bits per heavy atom. The third-order valence-corrected chi connectivity index (χ3v) is 6.06. The molecule has 2 fully saturated rings. The van der Waals surface area contributed by atoms with Crippen LogP contribution in [0.5, 0.6) is 0 Å². The van der Waals surface area contributed by atoms with E-state index in [0.717, 1.165) is 33.4 Å². The van der Waals surface area contributed by atoms with Gasteiger partial charge in [0.2, 0.25) is 0 Å². The van der Waals surface area contributed by atoms with Gasteiger partial charge in [-0.15, -0.1) is 10.2 Å². The third-order valence-electron chi connectivity index (χ3n) is 4.49. The van der Waals surface area contributed by atoms with Crippen molar-refractivity contribution in [2.75, 3.05) is 12.4 Å². The average molecular weight is 394 g/mol. The highest BCUT2D eigenvalue weighted by molar-refractivity contribution is 9.10. The summed E-state index contributed by atoms with van der Waals surface area (Å²) in [5.74, 6) is 1.97. The van der Waals surface area contributed by atoms with Crippen LogP contribution < -0.4 is 0 Å². The molecule has 2 aromatic rings. The van der Waals surface area contributed by atoms with E-state index in [4.69, 9.17) is 4.74 Å². The minimum Gasteiger partial charge on any atom is -0.372 e. The second-order valence-corrected chi connectivity index (χ2v) is 8.15. The first kappa shape index (κ1) is 15.7. The SMILES string of the molecule is Brc1cccc(-c2nnc(SCC3CO3)n2C2CCCCC2)c1. The molecule has 0 radical (unpaired) electrons. The van der Waals surface area contributed by atoms with Crippen molar-refractivity contribution in [1.29, 1.82) is 0 Å². The van der Waals surface area contributed by atoms with E-state index in [2.05, 4.69) is 48.9 Å². The van der Waals surface area contributed by atoms with Crippen LogP contribution in [-0.2, 0) is 4.74 Å². The molecule has 2 heterocycles. The zero-order chi connectivity index (χ0) is 15.6. The van der Waals surface area contributed by atoms with Gasteiger partial charge in [-0.05, 0) is 25.0 Å². The maximum atomic E-state index is 5.34. The summed E-state index contributed by atoms with van der Waals surface area (Å²) < 4.78 is 8.80. The number of rotatable bonds is 5. The largest absolute Gasteiger partial charge is 0.372 e. The molecule has 1 aliphatic heterocycles. The molecule has 0 bridgehead atoms. The Kier molecular flexibility index (Phi) is 4.73. The number of epoxide rings is 1. The predicted octanol–water partition coefficient (Wildman–Crippen LogP) is 4.70. The molecule has 1 unspecified atom stereocenters. The summed E-state index contributed by atoms with van der Waals surface area (Å²) in [4.78, 5) is 0. The Morgan fingerprint density at radius 2 is 2.04 bits per heavy atom. The molecular formula is C17H20BrN3OS. The van der Waals surface area contributed by atoms with E-state index in [0.29, 0.717) is 12.1 Å². The summed E-state index contributed by atoms with van der Waals surface area (Å²) in [6, 6.07) is 8.87. The highest BCUT2D eigenvalue weighted by atomic mass is 79.9. The van der Waals surface area contributed by atoms with E-state index in [1.165, 1.54) is 32.1 Å². The molecule has 1 saturated carbocycles. The Morgan fingerprint density at radius 3 is 2.78 bits per heavy atom. The number of aromatic nitrogens is 3. The summed E-state index contributed by atoms with van der Waals surface area (Å²) in [7, 11) is 0. The first-order valence-corrected chi connectivity index (χ1v) is 10.0. The smallest absolute Gasteiger partial charge is 0.191 e. The Labute approximate surface area is 149 Å². The number of ether oxygens (including phenoxy) is 1. The number of halogens is 1. The van der Waals surface area contributed by atoms with Crippen molar-refractivity contribution < 1.29 is 4.74 Å². The molecule has 1 aliphatic carbocycles. The quantitative estimate of drug-likeness (QED) is 0.545. The molecule has 6 heteroatoms. The molecular weight excluding hydrogens is 374 g/mol. The second-order valence-electron chi connectivity index (χ2n) is 6.24. The van der Waals surface area contributed by atoms with Crippen LogP contribution in [0.1, 0.15) is 38.1 Å². The van der Waals surface area contributed by atoms with E-state index in [1.54, 1.807) is 11.8 Å². The maximum absolute atomic E-state index is 5.34. The third kappa shape index (κ3) is 3.64. The summed E-state index contributed by atoms with van der Waals surface area (Å²) in [6.45, 7) is 0.892. The van der Waals surface area contributed by atoms with Crippen LogP contribution in [0.2, 0.25) is 0 Å². The molecule has 2 aliphatic rings. The van der Waals surface area contributed by atoms with E-state index in [1.807, 2.05) is 6.07 Å². The lowest BCUT2D eigenvalue weighted by Gasteiger charge is -2.25.